The van der Waals surface area contributed by atoms with Crippen LogP contribution in [-0.4, -0.2) is 79.7 Å². The van der Waals surface area contributed by atoms with Crippen LogP contribution in [-0.2, 0) is 4.79 Å². The van der Waals surface area contributed by atoms with Crippen LogP contribution in [0.1, 0.15) is 6.04 Å². The van der Waals surface area contributed by atoms with Crippen LogP contribution in [0, 0.1) is 0 Å². The molecular weight excluding hydrogens is 486 g/mol. The lowest BCUT2D eigenvalue weighted by Gasteiger charge is -2.38. The number of anilines is 1. The molecule has 11 nitrogen and oxygen atoms in total. The minimum Gasteiger partial charge on any atom is -0.457 e. The first kappa shape index (κ1) is 25.2. The first-order valence-corrected chi connectivity index (χ1v) is 12.3. The minimum absolute atomic E-state index is 0.0636. The molecule has 196 valence electrons. The second-order valence-electron chi connectivity index (χ2n) is 9.11. The Balaban J connectivity index is 1.37. The number of para-hydroxylation sites is 1. The maximum absolute atomic E-state index is 13.7. The molecule has 0 bridgehead atoms. The molecule has 4 aromatic rings. The van der Waals surface area contributed by atoms with Gasteiger partial charge < -0.3 is 25.4 Å². The number of carbonyl (C=O) groups excluding carboxylic acids is 1. The van der Waals surface area contributed by atoms with Gasteiger partial charge in [-0.2, -0.15) is 0 Å². The summed E-state index contributed by atoms with van der Waals surface area (Å²) >= 11 is 0. The summed E-state index contributed by atoms with van der Waals surface area (Å²) in [7, 11) is 1.87. The Labute approximate surface area is 219 Å². The van der Waals surface area contributed by atoms with Gasteiger partial charge in [-0.25, -0.2) is 14.8 Å². The normalized spacial score (nSPS) is 13.9. The molecule has 0 saturated carbocycles. The van der Waals surface area contributed by atoms with Gasteiger partial charge in [-0.15, -0.1) is 0 Å². The topological polar surface area (TPSA) is 132 Å². The number of aliphatic hydroxyl groups is 1. The number of fused-ring (bicyclic) bond motifs is 1. The van der Waals surface area contributed by atoms with Gasteiger partial charge in [0.1, 0.15) is 23.3 Å². The van der Waals surface area contributed by atoms with Crippen LogP contribution in [0.2, 0.25) is 0 Å². The standard InChI is InChI=1S/C27H29N7O4/c1-31(14-15-35)13-5-8-23(36)32-16-20(17-32)34-26-24(25(28)29-18-30-26)33(27(34)37)19-9-11-22(12-10-19)38-21-6-3-2-4-7-21/h2-12,18,20,35H,13-17H2,1H3,(H2,28,29,30)/b8-5+. The fourth-order valence-corrected chi connectivity index (χ4v) is 4.42. The van der Waals surface area contributed by atoms with Gasteiger partial charge in [0.2, 0.25) is 5.91 Å². The smallest absolute Gasteiger partial charge is 0.335 e. The number of likely N-dealkylation sites (N-methyl/N-ethyl adjacent to an activating group) is 1. The summed E-state index contributed by atoms with van der Waals surface area (Å²) in [5.74, 6) is 1.41. The van der Waals surface area contributed by atoms with E-state index in [0.29, 0.717) is 54.5 Å². The number of benzene rings is 2. The third kappa shape index (κ3) is 5.01. The van der Waals surface area contributed by atoms with Crippen molar-refractivity contribution in [3.8, 4) is 17.2 Å². The lowest BCUT2D eigenvalue weighted by molar-refractivity contribution is -0.131. The van der Waals surface area contributed by atoms with E-state index >= 15 is 0 Å². The summed E-state index contributed by atoms with van der Waals surface area (Å²) in [5.41, 5.74) is 7.34. The highest BCUT2D eigenvalue weighted by Gasteiger charge is 2.35. The second-order valence-corrected chi connectivity index (χ2v) is 9.11. The van der Waals surface area contributed by atoms with E-state index in [-0.39, 0.29) is 30.1 Å². The Bertz CT molecular complexity index is 1510. The van der Waals surface area contributed by atoms with Gasteiger partial charge >= 0.3 is 5.69 Å². The van der Waals surface area contributed by atoms with Gasteiger partial charge in [-0.1, -0.05) is 24.3 Å². The summed E-state index contributed by atoms with van der Waals surface area (Å²) in [6.45, 7) is 1.91. The molecule has 11 heteroatoms. The average Bonchev–Trinajstić information content (AvgIpc) is 3.17. The van der Waals surface area contributed by atoms with Gasteiger partial charge in [0.05, 0.1) is 18.3 Å². The van der Waals surface area contributed by atoms with Crippen LogP contribution in [0.25, 0.3) is 16.9 Å². The molecule has 5 rings (SSSR count). The third-order valence-corrected chi connectivity index (χ3v) is 6.45. The zero-order valence-electron chi connectivity index (χ0n) is 21.0. The van der Waals surface area contributed by atoms with Crippen LogP contribution in [0.4, 0.5) is 5.82 Å². The molecule has 3 heterocycles. The molecule has 0 spiro atoms. The van der Waals surface area contributed by atoms with E-state index in [2.05, 4.69) is 9.97 Å². The molecule has 0 radical (unpaired) electrons. The Morgan fingerprint density at radius 3 is 2.55 bits per heavy atom. The van der Waals surface area contributed by atoms with Crippen LogP contribution in [0.5, 0.6) is 11.5 Å². The van der Waals surface area contributed by atoms with E-state index in [0.717, 1.165) is 0 Å². The summed E-state index contributed by atoms with van der Waals surface area (Å²) < 4.78 is 8.96. The summed E-state index contributed by atoms with van der Waals surface area (Å²) in [6.07, 6.45) is 4.62. The molecular formula is C27H29N7O4. The Morgan fingerprint density at radius 2 is 1.84 bits per heavy atom. The molecule has 1 fully saturated rings. The second kappa shape index (κ2) is 10.9. The van der Waals surface area contributed by atoms with Crippen molar-refractivity contribution in [2.24, 2.45) is 0 Å². The zero-order valence-corrected chi connectivity index (χ0v) is 21.0. The highest BCUT2D eigenvalue weighted by atomic mass is 16.5. The van der Waals surface area contributed by atoms with Crippen LogP contribution < -0.4 is 16.2 Å². The lowest BCUT2D eigenvalue weighted by Crippen LogP contribution is -2.52. The first-order valence-electron chi connectivity index (χ1n) is 12.3. The summed E-state index contributed by atoms with van der Waals surface area (Å²) in [5, 5.41) is 8.98. The van der Waals surface area contributed by atoms with E-state index in [1.807, 2.05) is 42.3 Å². The van der Waals surface area contributed by atoms with E-state index in [1.165, 1.54) is 17.0 Å². The van der Waals surface area contributed by atoms with Crippen molar-refractivity contribution in [1.82, 2.24) is 28.9 Å². The van der Waals surface area contributed by atoms with E-state index < -0.39 is 0 Å². The molecule has 0 aliphatic carbocycles. The number of imidazole rings is 1. The highest BCUT2D eigenvalue weighted by Crippen LogP contribution is 2.28. The van der Waals surface area contributed by atoms with Gasteiger partial charge in [-0.3, -0.25) is 13.9 Å². The maximum Gasteiger partial charge on any atom is 0.335 e. The number of carbonyl (C=O) groups is 1. The molecule has 2 aromatic heterocycles. The van der Waals surface area contributed by atoms with Crippen molar-refractivity contribution in [3.05, 3.63) is 83.6 Å². The number of nitrogens with two attached hydrogens (primary N) is 1. The highest BCUT2D eigenvalue weighted by molar-refractivity contribution is 5.88. The summed E-state index contributed by atoms with van der Waals surface area (Å²) in [6, 6.07) is 16.3. The Hall–Kier alpha value is -4.48. The van der Waals surface area contributed by atoms with Gasteiger partial charge in [-0.05, 0) is 43.4 Å². The van der Waals surface area contributed by atoms with Crippen molar-refractivity contribution < 1.29 is 14.6 Å². The molecule has 1 saturated heterocycles. The van der Waals surface area contributed by atoms with E-state index in [9.17, 15) is 9.59 Å². The zero-order chi connectivity index (χ0) is 26.6. The molecule has 0 unspecified atom stereocenters. The molecule has 2 aromatic carbocycles. The van der Waals surface area contributed by atoms with Gasteiger partial charge in [0, 0.05) is 32.3 Å². The number of aromatic nitrogens is 4. The van der Waals surface area contributed by atoms with Crippen molar-refractivity contribution in [2.75, 3.05) is 45.6 Å². The Morgan fingerprint density at radius 1 is 1.13 bits per heavy atom. The molecule has 0 atom stereocenters. The van der Waals surface area contributed by atoms with Crippen molar-refractivity contribution in [2.45, 2.75) is 6.04 Å². The quantitative estimate of drug-likeness (QED) is 0.323. The fraction of sp³-hybridized carbons (Fsp3) is 0.259. The average molecular weight is 516 g/mol. The predicted octanol–water partition coefficient (Wildman–Crippen LogP) is 1.82. The lowest BCUT2D eigenvalue weighted by atomic mass is 10.1. The number of nitrogens with zero attached hydrogens (tertiary/aromatic N) is 6. The van der Waals surface area contributed by atoms with Gasteiger partial charge in [0.25, 0.3) is 0 Å². The van der Waals surface area contributed by atoms with Crippen molar-refractivity contribution in [1.29, 1.82) is 0 Å². The number of likely N-dealkylation sites (tertiary alicyclic amines) is 1. The summed E-state index contributed by atoms with van der Waals surface area (Å²) in [4.78, 5) is 38.3. The molecule has 1 aliphatic rings. The monoisotopic (exact) mass is 515 g/mol. The number of rotatable bonds is 9. The Kier molecular flexibility index (Phi) is 7.20. The number of amides is 1. The van der Waals surface area contributed by atoms with Gasteiger partial charge in [0.15, 0.2) is 11.5 Å². The van der Waals surface area contributed by atoms with E-state index in [1.54, 1.807) is 39.8 Å². The molecule has 3 N–H and O–H groups in total. The van der Waals surface area contributed by atoms with Crippen LogP contribution in [0.3, 0.4) is 0 Å². The predicted molar refractivity (Wildman–Crippen MR) is 143 cm³/mol. The largest absolute Gasteiger partial charge is 0.457 e. The number of aliphatic hydroxyl groups excluding tert-OH is 1. The molecule has 38 heavy (non-hydrogen) atoms. The van der Waals surface area contributed by atoms with E-state index in [4.69, 9.17) is 15.6 Å². The minimum atomic E-state index is -0.304. The first-order chi connectivity index (χ1) is 18.5. The van der Waals surface area contributed by atoms with Crippen LogP contribution >= 0.6 is 0 Å². The van der Waals surface area contributed by atoms with Crippen molar-refractivity contribution in [3.63, 3.8) is 0 Å². The number of ether oxygens (including phenoxy) is 1. The maximum atomic E-state index is 13.7. The SMILES string of the molecule is CN(C/C=C/C(=O)N1CC(n2c(=O)n(-c3ccc(Oc4ccccc4)cc3)c3c(N)ncnc32)C1)CCO. The number of hydrogen-bond donors (Lipinski definition) is 2. The number of hydrogen-bond acceptors (Lipinski definition) is 8. The number of nitrogen functional groups attached to an aromatic ring is 1. The van der Waals surface area contributed by atoms with Crippen molar-refractivity contribution >= 4 is 22.9 Å². The molecule has 1 aliphatic heterocycles. The third-order valence-electron chi connectivity index (χ3n) is 6.45. The molecule has 1 amide bonds. The van der Waals surface area contributed by atoms with Crippen LogP contribution in [0.15, 0.2) is 77.9 Å². The fourth-order valence-electron chi connectivity index (χ4n) is 4.42.